The lowest BCUT2D eigenvalue weighted by Crippen LogP contribution is -2.34. The van der Waals surface area contributed by atoms with Crippen LogP contribution in [0.3, 0.4) is 0 Å². The Morgan fingerprint density at radius 1 is 1.04 bits per heavy atom. The minimum absolute atomic E-state index is 0.0794. The Kier molecular flexibility index (Phi) is 6.29. The van der Waals surface area contributed by atoms with Crippen LogP contribution < -0.4 is 10.0 Å². The van der Waals surface area contributed by atoms with E-state index in [1.165, 1.54) is 6.07 Å². The summed E-state index contributed by atoms with van der Waals surface area (Å²) in [5, 5.41) is 2.74. The third-order valence-corrected chi connectivity index (χ3v) is 7.10. The quantitative estimate of drug-likeness (QED) is 0.659. The first-order valence-electron chi connectivity index (χ1n) is 7.83. The van der Waals surface area contributed by atoms with Crippen LogP contribution in [0.15, 0.2) is 38.3 Å². The number of carbonyl (C=O) groups excluding carboxylic acids is 1. The van der Waals surface area contributed by atoms with Crippen LogP contribution in [0.5, 0.6) is 0 Å². The second-order valence-corrected chi connectivity index (χ2v) is 10.6. The molecule has 0 spiro atoms. The molecule has 0 aliphatic rings. The van der Waals surface area contributed by atoms with Crippen molar-refractivity contribution in [1.29, 1.82) is 0 Å². The Labute approximate surface area is 161 Å². The van der Waals surface area contributed by atoms with Gasteiger partial charge in [0.15, 0.2) is 0 Å². The Hall–Kier alpha value is -1.38. The number of rotatable bonds is 5. The molecule has 0 bridgehead atoms. The van der Waals surface area contributed by atoms with Gasteiger partial charge in [-0.2, -0.15) is 0 Å². The average molecular weight is 445 g/mol. The number of halogens is 1. The number of hydrogen-bond donors (Lipinski definition) is 2. The number of urea groups is 1. The fraction of sp³-hybridized carbons (Fsp3) is 0.353. The molecule has 136 valence electrons. The Bertz CT molecular complexity index is 848. The minimum atomic E-state index is -3.90. The fourth-order valence-corrected chi connectivity index (χ4v) is 5.37. The summed E-state index contributed by atoms with van der Waals surface area (Å²) in [5.41, 5.74) is 2.61. The summed E-state index contributed by atoms with van der Waals surface area (Å²) in [6.45, 7) is 8.12. The van der Waals surface area contributed by atoms with E-state index in [1.807, 2.05) is 45.9 Å². The Morgan fingerprint density at radius 3 is 2.04 bits per heavy atom. The zero-order valence-corrected chi connectivity index (χ0v) is 17.7. The normalized spacial score (nSPS) is 11.8. The molecule has 5 nitrogen and oxygen atoms in total. The van der Waals surface area contributed by atoms with E-state index in [9.17, 15) is 13.2 Å². The molecular formula is C17H21BrN2O3S2. The number of nitrogens with one attached hydrogen (secondary N) is 2. The topological polar surface area (TPSA) is 75.3 Å². The first-order chi connectivity index (χ1) is 11.6. The average Bonchev–Trinajstić information content (AvgIpc) is 2.93. The fourth-order valence-electron chi connectivity index (χ4n) is 2.45. The van der Waals surface area contributed by atoms with Gasteiger partial charge in [-0.3, -0.25) is 0 Å². The van der Waals surface area contributed by atoms with E-state index >= 15 is 0 Å². The van der Waals surface area contributed by atoms with Crippen LogP contribution in [0.2, 0.25) is 0 Å². The molecule has 2 N–H and O–H groups in total. The van der Waals surface area contributed by atoms with Gasteiger partial charge in [0.05, 0.1) is 3.79 Å². The van der Waals surface area contributed by atoms with Crippen LogP contribution in [-0.4, -0.2) is 14.4 Å². The molecular weight excluding hydrogens is 424 g/mol. The van der Waals surface area contributed by atoms with Gasteiger partial charge >= 0.3 is 6.03 Å². The second kappa shape index (κ2) is 7.88. The Balaban J connectivity index is 2.29. The summed E-state index contributed by atoms with van der Waals surface area (Å²) in [6.07, 6.45) is 0. The van der Waals surface area contributed by atoms with Crippen molar-refractivity contribution in [2.45, 2.75) is 43.7 Å². The first-order valence-corrected chi connectivity index (χ1v) is 10.9. The van der Waals surface area contributed by atoms with Gasteiger partial charge in [0, 0.05) is 5.69 Å². The molecule has 0 aliphatic heterocycles. The number of hydrogen-bond acceptors (Lipinski definition) is 4. The summed E-state index contributed by atoms with van der Waals surface area (Å²) in [5.74, 6) is 0.387. The third-order valence-electron chi connectivity index (χ3n) is 3.65. The van der Waals surface area contributed by atoms with Crippen LogP contribution in [0.25, 0.3) is 0 Å². The number of anilines is 1. The molecule has 0 aliphatic carbocycles. The van der Waals surface area contributed by atoms with E-state index in [4.69, 9.17) is 0 Å². The molecule has 0 fully saturated rings. The number of carbonyl (C=O) groups is 1. The van der Waals surface area contributed by atoms with Crippen LogP contribution in [0.4, 0.5) is 10.5 Å². The van der Waals surface area contributed by atoms with Gasteiger partial charge in [0.25, 0.3) is 10.0 Å². The number of thiophene rings is 1. The van der Waals surface area contributed by atoms with Crippen LogP contribution in [0, 0.1) is 0 Å². The van der Waals surface area contributed by atoms with Gasteiger partial charge in [-0.1, -0.05) is 45.9 Å². The predicted molar refractivity (Wildman–Crippen MR) is 106 cm³/mol. The molecule has 0 atom stereocenters. The van der Waals surface area contributed by atoms with Gasteiger partial charge in [0.1, 0.15) is 4.21 Å². The predicted octanol–water partition coefficient (Wildman–Crippen LogP) is 5.27. The zero-order valence-electron chi connectivity index (χ0n) is 14.5. The van der Waals surface area contributed by atoms with Crippen molar-refractivity contribution in [3.05, 3.63) is 45.2 Å². The highest BCUT2D eigenvalue weighted by atomic mass is 79.9. The third kappa shape index (κ3) is 4.83. The lowest BCUT2D eigenvalue weighted by molar-refractivity contribution is 0.256. The standard InChI is InChI=1S/C17H21BrN2O3S2/c1-10(2)12-6-5-7-13(11(3)4)16(12)19-17(21)20-25(22,23)15-9-8-14(18)24-15/h5-11H,1-4H3,(H2,19,20,21). The Morgan fingerprint density at radius 2 is 1.60 bits per heavy atom. The van der Waals surface area contributed by atoms with Gasteiger partial charge in [0.2, 0.25) is 0 Å². The van der Waals surface area contributed by atoms with Crippen molar-refractivity contribution in [2.75, 3.05) is 5.32 Å². The van der Waals surface area contributed by atoms with Gasteiger partial charge < -0.3 is 5.32 Å². The van der Waals surface area contributed by atoms with Gasteiger partial charge in [-0.15, -0.1) is 11.3 Å². The van der Waals surface area contributed by atoms with Crippen LogP contribution >= 0.6 is 27.3 Å². The maximum Gasteiger partial charge on any atom is 0.333 e. The molecule has 0 unspecified atom stereocenters. The summed E-state index contributed by atoms with van der Waals surface area (Å²) >= 11 is 4.27. The van der Waals surface area contributed by atoms with Crippen LogP contribution in [0.1, 0.15) is 50.7 Å². The van der Waals surface area contributed by atoms with Crippen molar-refractivity contribution >= 4 is 49.0 Å². The summed E-state index contributed by atoms with van der Waals surface area (Å²) in [4.78, 5) is 12.3. The second-order valence-electron chi connectivity index (χ2n) is 6.24. The first kappa shape index (κ1) is 19.9. The largest absolute Gasteiger partial charge is 0.333 e. The van der Waals surface area contributed by atoms with E-state index in [1.54, 1.807) is 6.07 Å². The number of para-hydroxylation sites is 1. The highest BCUT2D eigenvalue weighted by molar-refractivity contribution is 9.11. The monoisotopic (exact) mass is 444 g/mol. The minimum Gasteiger partial charge on any atom is -0.307 e. The highest BCUT2D eigenvalue weighted by Crippen LogP contribution is 2.32. The molecule has 0 radical (unpaired) electrons. The van der Waals surface area contributed by atoms with Crippen molar-refractivity contribution in [2.24, 2.45) is 0 Å². The summed E-state index contributed by atoms with van der Waals surface area (Å²) < 4.78 is 27.4. The maximum absolute atomic E-state index is 12.3. The molecule has 1 aromatic carbocycles. The summed E-state index contributed by atoms with van der Waals surface area (Å²) in [7, 11) is -3.90. The molecule has 0 saturated carbocycles. The molecule has 2 amide bonds. The number of benzene rings is 1. The number of sulfonamides is 1. The molecule has 1 heterocycles. The molecule has 1 aromatic heterocycles. The van der Waals surface area contributed by atoms with Crippen LogP contribution in [-0.2, 0) is 10.0 Å². The zero-order chi connectivity index (χ0) is 18.8. The highest BCUT2D eigenvalue weighted by Gasteiger charge is 2.22. The van der Waals surface area contributed by atoms with Crippen molar-refractivity contribution in [3.8, 4) is 0 Å². The maximum atomic E-state index is 12.3. The van der Waals surface area contributed by atoms with Crippen molar-refractivity contribution in [3.63, 3.8) is 0 Å². The summed E-state index contributed by atoms with van der Waals surface area (Å²) in [6, 6.07) is 8.15. The van der Waals surface area contributed by atoms with Gasteiger partial charge in [-0.25, -0.2) is 17.9 Å². The molecule has 8 heteroatoms. The van der Waals surface area contributed by atoms with Crippen molar-refractivity contribution < 1.29 is 13.2 Å². The van der Waals surface area contributed by atoms with Gasteiger partial charge in [-0.05, 0) is 51.0 Å². The van der Waals surface area contributed by atoms with E-state index in [0.717, 1.165) is 22.5 Å². The molecule has 2 aromatic rings. The molecule has 2 rings (SSSR count). The van der Waals surface area contributed by atoms with Crippen molar-refractivity contribution in [1.82, 2.24) is 4.72 Å². The van der Waals surface area contributed by atoms with E-state index in [-0.39, 0.29) is 16.0 Å². The SMILES string of the molecule is CC(C)c1cccc(C(C)C)c1NC(=O)NS(=O)(=O)c1ccc(Br)s1. The molecule has 25 heavy (non-hydrogen) atoms. The smallest absolute Gasteiger partial charge is 0.307 e. The lowest BCUT2D eigenvalue weighted by Gasteiger charge is -2.20. The van der Waals surface area contributed by atoms with E-state index in [0.29, 0.717) is 9.47 Å². The van der Waals surface area contributed by atoms with E-state index < -0.39 is 16.1 Å². The number of amides is 2. The molecule has 0 saturated heterocycles. The lowest BCUT2D eigenvalue weighted by atomic mass is 9.93. The van der Waals surface area contributed by atoms with E-state index in [2.05, 4.69) is 26.0 Å².